The number of rotatable bonds is 11. The minimum absolute atomic E-state index is 0.0122. The molecule has 1 unspecified atom stereocenters. The minimum atomic E-state index is -1.15. The number of halogens is 2. The summed E-state index contributed by atoms with van der Waals surface area (Å²) in [5.41, 5.74) is 2.24. The average Bonchev–Trinajstić information content (AvgIpc) is 3.10. The van der Waals surface area contributed by atoms with Crippen LogP contribution in [0.4, 0.5) is 11.4 Å². The van der Waals surface area contributed by atoms with Crippen molar-refractivity contribution in [1.29, 1.82) is 0 Å². The Bertz CT molecular complexity index is 1990. The third kappa shape index (κ3) is 8.92. The smallest absolute Gasteiger partial charge is 0.335 e. The first kappa shape index (κ1) is 34.0. The summed E-state index contributed by atoms with van der Waals surface area (Å²) in [4.78, 5) is 52.1. The summed E-state index contributed by atoms with van der Waals surface area (Å²) in [6.45, 7) is 0. The highest BCUT2D eigenvalue weighted by Gasteiger charge is 2.24. The molecule has 0 heterocycles. The lowest BCUT2D eigenvalue weighted by atomic mass is 10.1. The summed E-state index contributed by atoms with van der Waals surface area (Å²) in [7, 11) is 0. The molecule has 11 heteroatoms. The minimum Gasteiger partial charge on any atom is -0.478 e. The molecule has 0 aliphatic carbocycles. The van der Waals surface area contributed by atoms with Crippen molar-refractivity contribution in [2.75, 3.05) is 10.6 Å². The fourth-order valence-electron chi connectivity index (χ4n) is 4.49. The molecule has 3 amide bonds. The van der Waals surface area contributed by atoms with E-state index in [-0.39, 0.29) is 22.0 Å². The van der Waals surface area contributed by atoms with E-state index in [4.69, 9.17) is 23.2 Å². The van der Waals surface area contributed by atoms with Gasteiger partial charge in [-0.1, -0.05) is 89.9 Å². The van der Waals surface area contributed by atoms with E-state index in [1.165, 1.54) is 36.0 Å². The molecule has 5 aromatic carbocycles. The topological polar surface area (TPSA) is 125 Å². The number of amides is 3. The monoisotopic (exact) mass is 695 g/mol. The Morgan fingerprint density at radius 2 is 1.33 bits per heavy atom. The van der Waals surface area contributed by atoms with Crippen molar-refractivity contribution in [2.45, 2.75) is 10.1 Å². The van der Waals surface area contributed by atoms with Crippen LogP contribution < -0.4 is 16.0 Å². The van der Waals surface area contributed by atoms with E-state index in [9.17, 15) is 24.3 Å². The van der Waals surface area contributed by atoms with E-state index in [2.05, 4.69) is 16.0 Å². The van der Waals surface area contributed by atoms with E-state index in [1.54, 1.807) is 78.9 Å². The number of nitrogens with one attached hydrogen (secondary N) is 3. The molecular weight excluding hydrogens is 669 g/mol. The van der Waals surface area contributed by atoms with E-state index >= 15 is 0 Å². The molecule has 240 valence electrons. The zero-order valence-electron chi connectivity index (χ0n) is 25.0. The van der Waals surface area contributed by atoms with Gasteiger partial charge in [0, 0.05) is 21.2 Å². The zero-order valence-corrected chi connectivity index (χ0v) is 27.4. The largest absolute Gasteiger partial charge is 0.478 e. The molecular formula is C37H27Cl2N3O5S. The molecule has 0 bridgehead atoms. The molecule has 0 spiro atoms. The lowest BCUT2D eigenvalue weighted by molar-refractivity contribution is -0.116. The Balaban J connectivity index is 1.34. The highest BCUT2D eigenvalue weighted by atomic mass is 35.5. The summed E-state index contributed by atoms with van der Waals surface area (Å²) in [6, 6.07) is 35.5. The second-order valence-corrected chi connectivity index (χ2v) is 12.3. The van der Waals surface area contributed by atoms with Crippen LogP contribution in [-0.4, -0.2) is 28.8 Å². The number of hydrogen-bond acceptors (Lipinski definition) is 5. The number of benzene rings is 5. The average molecular weight is 697 g/mol. The Morgan fingerprint density at radius 3 is 2.00 bits per heavy atom. The van der Waals surface area contributed by atoms with Crippen LogP contribution in [0.2, 0.25) is 10.0 Å². The molecule has 0 fully saturated rings. The Morgan fingerprint density at radius 1 is 0.688 bits per heavy atom. The second kappa shape index (κ2) is 16.0. The standard InChI is InChI=1S/C37H27Cl2N3O5S/c38-29-14-8-7-13-25(29)21-32(42-34(43)24-11-5-2-6-12-24)35(44)40-27-16-18-28(19-17-27)48-33(23-9-3-1-4-10-23)36(45)41-31-22-26(37(46)47)15-20-30(31)39/h1-22,33H,(H,40,44)(H,41,45)(H,42,43)(H,46,47)/b32-21-. The highest BCUT2D eigenvalue weighted by Crippen LogP contribution is 2.37. The molecule has 0 saturated carbocycles. The Kier molecular flexibility index (Phi) is 11.3. The molecule has 0 radical (unpaired) electrons. The zero-order chi connectivity index (χ0) is 34.0. The maximum atomic E-state index is 13.6. The van der Waals surface area contributed by atoms with Gasteiger partial charge in [-0.3, -0.25) is 14.4 Å². The normalized spacial score (nSPS) is 11.7. The van der Waals surface area contributed by atoms with Gasteiger partial charge in [-0.25, -0.2) is 4.79 Å². The fourth-order valence-corrected chi connectivity index (χ4v) is 5.87. The van der Waals surface area contributed by atoms with Gasteiger partial charge in [-0.15, -0.1) is 11.8 Å². The van der Waals surface area contributed by atoms with Crippen molar-refractivity contribution in [3.63, 3.8) is 0 Å². The lowest BCUT2D eigenvalue weighted by Crippen LogP contribution is -2.30. The third-order valence-electron chi connectivity index (χ3n) is 6.91. The van der Waals surface area contributed by atoms with Gasteiger partial charge >= 0.3 is 5.97 Å². The van der Waals surface area contributed by atoms with Crippen LogP contribution in [0.3, 0.4) is 0 Å². The van der Waals surface area contributed by atoms with Crippen molar-refractivity contribution < 1.29 is 24.3 Å². The number of carboxylic acids is 1. The molecule has 5 rings (SSSR count). The fraction of sp³-hybridized carbons (Fsp3) is 0.0270. The quantitative estimate of drug-likeness (QED) is 0.0811. The van der Waals surface area contributed by atoms with Crippen molar-refractivity contribution in [3.8, 4) is 0 Å². The van der Waals surface area contributed by atoms with E-state index < -0.39 is 28.9 Å². The maximum Gasteiger partial charge on any atom is 0.335 e. The van der Waals surface area contributed by atoms with Gasteiger partial charge in [0.05, 0.1) is 16.3 Å². The highest BCUT2D eigenvalue weighted by molar-refractivity contribution is 8.00. The molecule has 4 N–H and O–H groups in total. The van der Waals surface area contributed by atoms with E-state index in [1.807, 2.05) is 30.3 Å². The van der Waals surface area contributed by atoms with Crippen LogP contribution in [0.5, 0.6) is 0 Å². The van der Waals surface area contributed by atoms with Gasteiger partial charge in [0.1, 0.15) is 10.9 Å². The first-order valence-corrected chi connectivity index (χ1v) is 16.1. The predicted molar refractivity (Wildman–Crippen MR) is 190 cm³/mol. The summed E-state index contributed by atoms with van der Waals surface area (Å²) in [5.74, 6) is -2.58. The molecule has 1 atom stereocenters. The molecule has 0 aliphatic rings. The summed E-state index contributed by atoms with van der Waals surface area (Å²) < 4.78 is 0. The summed E-state index contributed by atoms with van der Waals surface area (Å²) in [5, 5.41) is 17.5. The maximum absolute atomic E-state index is 13.6. The van der Waals surface area contributed by atoms with Crippen LogP contribution in [0.25, 0.3) is 6.08 Å². The van der Waals surface area contributed by atoms with Crippen molar-refractivity contribution in [2.24, 2.45) is 0 Å². The van der Waals surface area contributed by atoms with Gasteiger partial charge in [0.25, 0.3) is 11.8 Å². The number of carbonyl (C=O) groups is 4. The SMILES string of the molecule is O=C(Nc1ccc(SC(C(=O)Nc2cc(C(=O)O)ccc2Cl)c2ccccc2)cc1)/C(=C/c1ccccc1Cl)NC(=O)c1ccccc1. The van der Waals surface area contributed by atoms with E-state index in [0.717, 1.165) is 0 Å². The van der Waals surface area contributed by atoms with Crippen LogP contribution >= 0.6 is 35.0 Å². The molecule has 8 nitrogen and oxygen atoms in total. The Labute approximate surface area is 290 Å². The van der Waals surface area contributed by atoms with Crippen molar-refractivity contribution >= 4 is 76.1 Å². The van der Waals surface area contributed by atoms with Crippen molar-refractivity contribution in [3.05, 3.63) is 165 Å². The van der Waals surface area contributed by atoms with Crippen LogP contribution in [0.1, 0.15) is 37.1 Å². The molecule has 0 aliphatic heterocycles. The number of carboxylic acid groups (broad SMARTS) is 1. The second-order valence-electron chi connectivity index (χ2n) is 10.3. The van der Waals surface area contributed by atoms with Gasteiger partial charge in [0.15, 0.2) is 0 Å². The summed E-state index contributed by atoms with van der Waals surface area (Å²) >= 11 is 13.9. The number of anilines is 2. The molecule has 5 aromatic rings. The molecule has 0 saturated heterocycles. The third-order valence-corrected chi connectivity index (χ3v) is 8.85. The van der Waals surface area contributed by atoms with Gasteiger partial charge in [-0.05, 0) is 77.9 Å². The van der Waals surface area contributed by atoms with E-state index in [0.29, 0.717) is 32.3 Å². The first-order valence-electron chi connectivity index (χ1n) is 14.5. The molecule has 48 heavy (non-hydrogen) atoms. The number of carbonyl (C=O) groups excluding carboxylic acids is 3. The predicted octanol–water partition coefficient (Wildman–Crippen LogP) is 8.57. The Hall–Kier alpha value is -5.35. The molecule has 0 aromatic heterocycles. The number of thioether (sulfide) groups is 1. The summed E-state index contributed by atoms with van der Waals surface area (Å²) in [6.07, 6.45) is 1.50. The van der Waals surface area contributed by atoms with Gasteiger partial charge in [-0.2, -0.15) is 0 Å². The van der Waals surface area contributed by atoms with Crippen molar-refractivity contribution in [1.82, 2.24) is 5.32 Å². The van der Waals surface area contributed by atoms with Crippen LogP contribution in [0.15, 0.2) is 138 Å². The number of hydrogen-bond donors (Lipinski definition) is 4. The number of aromatic carboxylic acids is 1. The first-order chi connectivity index (χ1) is 23.2. The van der Waals surface area contributed by atoms with Gasteiger partial charge < -0.3 is 21.1 Å². The van der Waals surface area contributed by atoms with Crippen LogP contribution in [0, 0.1) is 0 Å². The van der Waals surface area contributed by atoms with Crippen LogP contribution in [-0.2, 0) is 9.59 Å². The lowest BCUT2D eigenvalue weighted by Gasteiger charge is -2.18. The van der Waals surface area contributed by atoms with Gasteiger partial charge in [0.2, 0.25) is 5.91 Å².